The highest BCUT2D eigenvalue weighted by molar-refractivity contribution is 5.75. The fourth-order valence-electron chi connectivity index (χ4n) is 1.22. The highest BCUT2D eigenvalue weighted by Crippen LogP contribution is 2.24. The van der Waals surface area contributed by atoms with Crippen molar-refractivity contribution in [2.45, 2.75) is 18.7 Å². The van der Waals surface area contributed by atoms with E-state index >= 15 is 0 Å². The topological polar surface area (TPSA) is 46.5 Å². The van der Waals surface area contributed by atoms with Crippen LogP contribution in [0, 0.1) is 5.92 Å². The number of carbonyl (C=O) groups excluding carboxylic acids is 1. The second-order valence-corrected chi connectivity index (χ2v) is 2.73. The summed E-state index contributed by atoms with van der Waals surface area (Å²) in [5.41, 5.74) is 0. The lowest BCUT2D eigenvalue weighted by Gasteiger charge is -2.15. The number of rotatable bonds is 2. The Morgan fingerprint density at radius 1 is 1.83 bits per heavy atom. The summed E-state index contributed by atoms with van der Waals surface area (Å²) in [7, 11) is 1.12. The van der Waals surface area contributed by atoms with Gasteiger partial charge in [0, 0.05) is 5.92 Å². The molecule has 1 aliphatic carbocycles. The number of hydrogen-bond acceptors (Lipinski definition) is 3. The second-order valence-electron chi connectivity index (χ2n) is 2.73. The number of aliphatic hydroxyl groups is 1. The molecule has 3 atom stereocenters. The van der Waals surface area contributed by atoms with E-state index in [-0.39, 0.29) is 0 Å². The molecule has 0 fully saturated rings. The van der Waals surface area contributed by atoms with Crippen LogP contribution >= 0.6 is 0 Å². The van der Waals surface area contributed by atoms with Gasteiger partial charge in [0.15, 0.2) is 0 Å². The van der Waals surface area contributed by atoms with Crippen molar-refractivity contribution >= 4 is 5.97 Å². The van der Waals surface area contributed by atoms with E-state index in [4.69, 9.17) is 0 Å². The number of carbonyl (C=O) groups is 1. The summed E-state index contributed by atoms with van der Waals surface area (Å²) in [6, 6.07) is 0. The Hall–Kier alpha value is -0.900. The molecule has 0 spiro atoms. The highest BCUT2D eigenvalue weighted by atomic mass is 19.1. The molecule has 0 radical (unpaired) electrons. The predicted octanol–water partition coefficient (Wildman–Crippen LogP) is 0.434. The Morgan fingerprint density at radius 2 is 2.50 bits per heavy atom. The number of aliphatic hydroxyl groups excluding tert-OH is 1. The minimum absolute atomic E-state index is 0.405. The van der Waals surface area contributed by atoms with Crippen molar-refractivity contribution in [1.82, 2.24) is 0 Å². The van der Waals surface area contributed by atoms with E-state index in [1.165, 1.54) is 6.08 Å². The zero-order valence-corrected chi connectivity index (χ0v) is 6.74. The summed E-state index contributed by atoms with van der Waals surface area (Å²) in [6.45, 7) is 0. The van der Waals surface area contributed by atoms with Crippen LogP contribution in [0.3, 0.4) is 0 Å². The normalized spacial score (nSPS) is 30.2. The van der Waals surface area contributed by atoms with Gasteiger partial charge >= 0.3 is 5.97 Å². The monoisotopic (exact) mass is 174 g/mol. The third-order valence-electron chi connectivity index (χ3n) is 1.94. The van der Waals surface area contributed by atoms with Gasteiger partial charge in [-0.3, -0.25) is 0 Å². The quantitative estimate of drug-likeness (QED) is 0.488. The first-order chi connectivity index (χ1) is 5.66. The lowest BCUT2D eigenvalue weighted by molar-refractivity contribution is -0.149. The van der Waals surface area contributed by atoms with Gasteiger partial charge in [0.1, 0.15) is 0 Å². The Kier molecular flexibility index (Phi) is 2.81. The molecule has 0 aromatic rings. The molecule has 1 rings (SSSR count). The third-order valence-corrected chi connectivity index (χ3v) is 1.94. The van der Waals surface area contributed by atoms with Crippen LogP contribution in [0.1, 0.15) is 6.42 Å². The van der Waals surface area contributed by atoms with Crippen molar-refractivity contribution in [3.8, 4) is 0 Å². The minimum atomic E-state index is -1.75. The fourth-order valence-corrected chi connectivity index (χ4v) is 1.22. The van der Waals surface area contributed by atoms with Crippen molar-refractivity contribution in [1.29, 1.82) is 0 Å². The molecule has 68 valence electrons. The molecule has 0 aromatic heterocycles. The third kappa shape index (κ3) is 1.64. The van der Waals surface area contributed by atoms with E-state index < -0.39 is 24.2 Å². The van der Waals surface area contributed by atoms with Crippen LogP contribution in [-0.4, -0.2) is 30.5 Å². The van der Waals surface area contributed by atoms with Crippen molar-refractivity contribution in [2.75, 3.05) is 7.11 Å². The fraction of sp³-hybridized carbons (Fsp3) is 0.625. The standard InChI is InChI=1S/C8H11FO3/c1-12-8(11)7(9)5-3-2-4-6(5)10/h2-3,5-7,10H,4H2,1H3/t5-,6-,7?/m1/s1. The zero-order valence-electron chi connectivity index (χ0n) is 6.74. The first kappa shape index (κ1) is 9.19. The van der Waals surface area contributed by atoms with Crippen LogP contribution in [0.15, 0.2) is 12.2 Å². The van der Waals surface area contributed by atoms with Gasteiger partial charge in [-0.15, -0.1) is 0 Å². The van der Waals surface area contributed by atoms with Gasteiger partial charge in [-0.2, -0.15) is 0 Å². The molecule has 1 N–H and O–H groups in total. The van der Waals surface area contributed by atoms with E-state index in [0.29, 0.717) is 6.42 Å². The summed E-state index contributed by atoms with van der Waals surface area (Å²) >= 11 is 0. The van der Waals surface area contributed by atoms with Gasteiger partial charge in [0.25, 0.3) is 0 Å². The molecule has 1 unspecified atom stereocenters. The van der Waals surface area contributed by atoms with Crippen LogP contribution in [-0.2, 0) is 9.53 Å². The number of halogens is 1. The molecule has 0 saturated heterocycles. The summed E-state index contributed by atoms with van der Waals surface area (Å²) in [5, 5.41) is 9.19. The van der Waals surface area contributed by atoms with Crippen molar-refractivity contribution < 1.29 is 19.0 Å². The number of alkyl halides is 1. The number of hydrogen-bond donors (Lipinski definition) is 1. The van der Waals surface area contributed by atoms with E-state index in [9.17, 15) is 14.3 Å². The zero-order chi connectivity index (χ0) is 9.14. The lowest BCUT2D eigenvalue weighted by atomic mass is 10.0. The highest BCUT2D eigenvalue weighted by Gasteiger charge is 2.34. The first-order valence-electron chi connectivity index (χ1n) is 3.73. The van der Waals surface area contributed by atoms with Crippen LogP contribution in [0.4, 0.5) is 4.39 Å². The SMILES string of the molecule is COC(=O)C(F)[C@@H]1C=CC[C@H]1O. The van der Waals surface area contributed by atoms with Crippen LogP contribution in [0.2, 0.25) is 0 Å². The van der Waals surface area contributed by atoms with Gasteiger partial charge < -0.3 is 9.84 Å². The average Bonchev–Trinajstić information content (AvgIpc) is 2.48. The number of methoxy groups -OCH3 is 1. The number of ether oxygens (including phenoxy) is 1. The molecule has 0 aliphatic heterocycles. The Bertz CT molecular complexity index is 202. The van der Waals surface area contributed by atoms with Crippen molar-refractivity contribution in [3.63, 3.8) is 0 Å². The molecule has 1 aliphatic rings. The molecule has 0 heterocycles. The molecule has 0 bridgehead atoms. The Balaban J connectivity index is 2.57. The molecule has 0 saturated carbocycles. The average molecular weight is 174 g/mol. The van der Waals surface area contributed by atoms with Gasteiger partial charge in [-0.25, -0.2) is 9.18 Å². The molecule has 0 aromatic carbocycles. The Morgan fingerprint density at radius 3 is 2.92 bits per heavy atom. The van der Waals surface area contributed by atoms with Crippen molar-refractivity contribution in [2.24, 2.45) is 5.92 Å². The summed E-state index contributed by atoms with van der Waals surface area (Å²) in [5.74, 6) is -1.66. The maximum Gasteiger partial charge on any atom is 0.341 e. The predicted molar refractivity (Wildman–Crippen MR) is 40.2 cm³/mol. The van der Waals surface area contributed by atoms with Crippen LogP contribution in [0.25, 0.3) is 0 Å². The van der Waals surface area contributed by atoms with Gasteiger partial charge in [0.05, 0.1) is 13.2 Å². The minimum Gasteiger partial charge on any atom is -0.467 e. The second kappa shape index (κ2) is 3.67. The van der Waals surface area contributed by atoms with Gasteiger partial charge in [-0.05, 0) is 6.42 Å². The maximum absolute atomic E-state index is 13.1. The molecule has 0 amide bonds. The largest absolute Gasteiger partial charge is 0.467 e. The smallest absolute Gasteiger partial charge is 0.341 e. The summed E-state index contributed by atoms with van der Waals surface area (Å²) < 4.78 is 17.3. The van der Waals surface area contributed by atoms with E-state index in [0.717, 1.165) is 7.11 Å². The van der Waals surface area contributed by atoms with Gasteiger partial charge in [0.2, 0.25) is 6.17 Å². The molecule has 4 heteroatoms. The summed E-state index contributed by atoms with van der Waals surface area (Å²) in [6.07, 6.45) is 1.03. The molecule has 3 nitrogen and oxygen atoms in total. The summed E-state index contributed by atoms with van der Waals surface area (Å²) in [4.78, 5) is 10.7. The Labute approximate surface area is 69.8 Å². The maximum atomic E-state index is 13.1. The first-order valence-corrected chi connectivity index (χ1v) is 3.73. The van der Waals surface area contributed by atoms with Crippen LogP contribution < -0.4 is 0 Å². The van der Waals surface area contributed by atoms with Crippen LogP contribution in [0.5, 0.6) is 0 Å². The van der Waals surface area contributed by atoms with E-state index in [2.05, 4.69) is 4.74 Å². The molecular weight excluding hydrogens is 163 g/mol. The van der Waals surface area contributed by atoms with E-state index in [1.54, 1.807) is 6.08 Å². The lowest BCUT2D eigenvalue weighted by Crippen LogP contribution is -2.31. The molecular formula is C8H11FO3. The molecule has 12 heavy (non-hydrogen) atoms. The van der Waals surface area contributed by atoms with E-state index in [1.807, 2.05) is 0 Å². The van der Waals surface area contributed by atoms with Gasteiger partial charge in [-0.1, -0.05) is 12.2 Å². The van der Waals surface area contributed by atoms with Crippen molar-refractivity contribution in [3.05, 3.63) is 12.2 Å². The number of esters is 1.